The zero-order valence-corrected chi connectivity index (χ0v) is 9.02. The molecule has 1 heterocycles. The van der Waals surface area contributed by atoms with Crippen LogP contribution in [0.4, 0.5) is 0 Å². The number of H-pyrrole nitrogens is 1. The molecule has 0 radical (unpaired) electrons. The molecule has 0 saturated heterocycles. The van der Waals surface area contributed by atoms with Crippen molar-refractivity contribution in [2.45, 2.75) is 32.2 Å². The van der Waals surface area contributed by atoms with Crippen LogP contribution in [0, 0.1) is 12.3 Å². The summed E-state index contributed by atoms with van der Waals surface area (Å²) in [6, 6.07) is 1.43. The van der Waals surface area contributed by atoms with Gasteiger partial charge in [0.05, 0.1) is 6.07 Å². The van der Waals surface area contributed by atoms with Crippen molar-refractivity contribution in [3.63, 3.8) is 0 Å². The largest absolute Gasteiger partial charge is 0.382 e. The molecule has 1 rings (SSSR count). The minimum Gasteiger partial charge on any atom is -0.361 e. The summed E-state index contributed by atoms with van der Waals surface area (Å²) in [5, 5.41) is 2.84. The van der Waals surface area contributed by atoms with Crippen molar-refractivity contribution < 1.29 is 4.79 Å². The normalized spacial score (nSPS) is 9.44. The summed E-state index contributed by atoms with van der Waals surface area (Å²) < 4.78 is 1.42. The van der Waals surface area contributed by atoms with Crippen molar-refractivity contribution in [3.05, 3.63) is 33.5 Å². The molecule has 1 N–H and O–H groups in total. The van der Waals surface area contributed by atoms with Crippen LogP contribution in [0.25, 0.3) is 5.53 Å². The van der Waals surface area contributed by atoms with Gasteiger partial charge in [0.2, 0.25) is 0 Å². The number of terminal acetylenes is 1. The van der Waals surface area contributed by atoms with E-state index in [4.69, 9.17) is 12.0 Å². The molecule has 1 aromatic heterocycles. The van der Waals surface area contributed by atoms with Crippen molar-refractivity contribution in [2.75, 3.05) is 0 Å². The van der Waals surface area contributed by atoms with Gasteiger partial charge >= 0.3 is 10.9 Å². The minimum atomic E-state index is -0.318. The summed E-state index contributed by atoms with van der Waals surface area (Å²) >= 11 is 0. The Kier molecular flexibility index (Phi) is 4.84. The number of rotatable bonds is 5. The SMILES string of the molecule is C#CCCCCCn1[nH]ccc(=[N+]=[N-])c1=O. The van der Waals surface area contributed by atoms with E-state index in [1.54, 1.807) is 6.20 Å². The van der Waals surface area contributed by atoms with Crippen molar-refractivity contribution in [1.82, 2.24) is 9.78 Å². The minimum absolute atomic E-state index is 0.0439. The number of aromatic amines is 1. The molecule has 0 amide bonds. The van der Waals surface area contributed by atoms with Crippen LogP contribution in [0.2, 0.25) is 0 Å². The second-order valence-corrected chi connectivity index (χ2v) is 3.42. The Hall–Kier alpha value is -2.05. The molecule has 0 fully saturated rings. The number of unbranched alkanes of at least 4 members (excludes halogenated alkanes) is 3. The Bertz CT molecular complexity index is 514. The maximum absolute atomic E-state index is 11.6. The molecule has 0 aromatic carbocycles. The van der Waals surface area contributed by atoms with Crippen LogP contribution in [0.5, 0.6) is 0 Å². The lowest BCUT2D eigenvalue weighted by atomic mass is 10.2. The van der Waals surface area contributed by atoms with Crippen molar-refractivity contribution in [1.29, 1.82) is 0 Å². The lowest BCUT2D eigenvalue weighted by molar-refractivity contribution is -0.0683. The van der Waals surface area contributed by atoms with Gasteiger partial charge in [-0.15, -0.1) is 12.3 Å². The topological polar surface area (TPSA) is 74.2 Å². The van der Waals surface area contributed by atoms with Crippen molar-refractivity contribution in [2.24, 2.45) is 0 Å². The van der Waals surface area contributed by atoms with Gasteiger partial charge in [-0.25, -0.2) is 4.68 Å². The number of nitrogens with zero attached hydrogens (tertiary/aromatic N) is 3. The molecule has 0 saturated carbocycles. The lowest BCUT2D eigenvalue weighted by Crippen LogP contribution is -2.36. The van der Waals surface area contributed by atoms with Crippen LogP contribution in [-0.4, -0.2) is 14.6 Å². The number of hydrogen-bond acceptors (Lipinski definition) is 1. The average molecular weight is 218 g/mol. The highest BCUT2D eigenvalue weighted by atomic mass is 16.1. The third-order valence-electron chi connectivity index (χ3n) is 2.25. The number of hydrogen-bond donors (Lipinski definition) is 1. The number of aromatic nitrogens is 2. The Morgan fingerprint density at radius 2 is 2.31 bits per heavy atom. The third kappa shape index (κ3) is 3.26. The molecule has 0 bridgehead atoms. The molecule has 0 spiro atoms. The monoisotopic (exact) mass is 218 g/mol. The van der Waals surface area contributed by atoms with Gasteiger partial charge in [-0.1, -0.05) is 6.42 Å². The highest BCUT2D eigenvalue weighted by Crippen LogP contribution is 1.99. The second kappa shape index (κ2) is 6.44. The summed E-state index contributed by atoms with van der Waals surface area (Å²) in [6.07, 6.45) is 10.3. The first-order valence-electron chi connectivity index (χ1n) is 5.19. The van der Waals surface area contributed by atoms with Crippen LogP contribution in [0.15, 0.2) is 17.1 Å². The Morgan fingerprint density at radius 1 is 1.50 bits per heavy atom. The predicted octanol–water partition coefficient (Wildman–Crippen LogP) is 0.500. The summed E-state index contributed by atoms with van der Waals surface area (Å²) in [5.41, 5.74) is 8.24. The van der Waals surface area contributed by atoms with E-state index in [0.29, 0.717) is 6.54 Å². The van der Waals surface area contributed by atoms with Crippen LogP contribution in [-0.2, 0) is 6.54 Å². The van der Waals surface area contributed by atoms with Gasteiger partial charge in [0.1, 0.15) is 0 Å². The highest BCUT2D eigenvalue weighted by Gasteiger charge is 2.02. The molecular weight excluding hydrogens is 204 g/mol. The maximum Gasteiger partial charge on any atom is 0.382 e. The fraction of sp³-hybridized carbons (Fsp3) is 0.455. The molecule has 0 atom stereocenters. The fourth-order valence-electron chi connectivity index (χ4n) is 1.39. The Balaban J connectivity index is 2.59. The first-order chi connectivity index (χ1) is 7.79. The van der Waals surface area contributed by atoms with Crippen LogP contribution in [0.3, 0.4) is 0 Å². The quantitative estimate of drug-likeness (QED) is 0.332. The van der Waals surface area contributed by atoms with Crippen LogP contribution >= 0.6 is 0 Å². The molecule has 5 heteroatoms. The number of nitrogens with one attached hydrogen (secondary N) is 1. The van der Waals surface area contributed by atoms with E-state index in [1.807, 2.05) is 0 Å². The van der Waals surface area contributed by atoms with Crippen LogP contribution < -0.4 is 10.9 Å². The predicted molar refractivity (Wildman–Crippen MR) is 59.1 cm³/mol. The molecule has 84 valence electrons. The zero-order valence-electron chi connectivity index (χ0n) is 9.02. The van der Waals surface area contributed by atoms with E-state index in [1.165, 1.54) is 10.7 Å². The molecule has 5 nitrogen and oxygen atoms in total. The van der Waals surface area contributed by atoms with Gasteiger partial charge in [0.15, 0.2) is 0 Å². The molecule has 0 aliphatic carbocycles. The standard InChI is InChI=1S/C11H14N4O/c1-2-3-4-5-6-9-15-11(16)10(14-12)7-8-13-15/h1,7-8,13H,3-6,9H2. The zero-order chi connectivity index (χ0) is 11.8. The Morgan fingerprint density at radius 3 is 3.00 bits per heavy atom. The van der Waals surface area contributed by atoms with Gasteiger partial charge in [-0.3, -0.25) is 4.79 Å². The van der Waals surface area contributed by atoms with Crippen molar-refractivity contribution in [3.8, 4) is 12.3 Å². The molecule has 0 unspecified atom stereocenters. The fourth-order valence-corrected chi connectivity index (χ4v) is 1.39. The van der Waals surface area contributed by atoms with Gasteiger partial charge in [0.25, 0.3) is 0 Å². The van der Waals surface area contributed by atoms with E-state index < -0.39 is 0 Å². The van der Waals surface area contributed by atoms with Gasteiger partial charge in [-0.2, -0.15) is 4.79 Å². The smallest absolute Gasteiger partial charge is 0.361 e. The lowest BCUT2D eigenvalue weighted by Gasteiger charge is -2.02. The molecular formula is C11H14N4O. The summed E-state index contributed by atoms with van der Waals surface area (Å²) in [5.74, 6) is 2.57. The average Bonchev–Trinajstić information content (AvgIpc) is 2.31. The molecule has 16 heavy (non-hydrogen) atoms. The summed E-state index contributed by atoms with van der Waals surface area (Å²) in [6.45, 7) is 0.576. The van der Waals surface area contributed by atoms with E-state index in [9.17, 15) is 4.79 Å². The van der Waals surface area contributed by atoms with Crippen molar-refractivity contribution >= 4 is 0 Å². The summed E-state index contributed by atoms with van der Waals surface area (Å²) in [4.78, 5) is 14.5. The van der Waals surface area contributed by atoms with Gasteiger partial charge < -0.3 is 10.6 Å². The van der Waals surface area contributed by atoms with E-state index >= 15 is 0 Å². The first-order valence-corrected chi connectivity index (χ1v) is 5.19. The molecule has 0 aliphatic heterocycles. The maximum atomic E-state index is 11.6. The third-order valence-corrected chi connectivity index (χ3v) is 2.25. The summed E-state index contributed by atoms with van der Waals surface area (Å²) in [7, 11) is 0. The Labute approximate surface area is 93.3 Å². The molecule has 0 aliphatic rings. The molecule has 1 aromatic rings. The highest BCUT2D eigenvalue weighted by molar-refractivity contribution is 4.83. The second-order valence-electron chi connectivity index (χ2n) is 3.42. The van der Waals surface area contributed by atoms with Gasteiger partial charge in [-0.05, 0) is 12.8 Å². The van der Waals surface area contributed by atoms with E-state index in [0.717, 1.165) is 25.7 Å². The van der Waals surface area contributed by atoms with Gasteiger partial charge in [0, 0.05) is 19.2 Å². The van der Waals surface area contributed by atoms with E-state index in [-0.39, 0.29) is 10.9 Å². The van der Waals surface area contributed by atoms with Crippen LogP contribution in [0.1, 0.15) is 25.7 Å². The first kappa shape index (κ1) is 12.0. The number of aryl methyl sites for hydroxylation is 1. The van der Waals surface area contributed by atoms with E-state index in [2.05, 4.69) is 15.8 Å².